The zero-order valence-corrected chi connectivity index (χ0v) is 22.4. The van der Waals surface area contributed by atoms with E-state index in [0.717, 1.165) is 23.4 Å². The molecule has 9 nitrogen and oxygen atoms in total. The van der Waals surface area contributed by atoms with Gasteiger partial charge in [0.05, 0.1) is 6.54 Å². The first-order chi connectivity index (χ1) is 17.4. The van der Waals surface area contributed by atoms with Crippen molar-refractivity contribution in [3.05, 3.63) is 65.5 Å². The van der Waals surface area contributed by atoms with E-state index < -0.39 is 6.09 Å². The van der Waals surface area contributed by atoms with Crippen LogP contribution >= 0.6 is 0 Å². The Morgan fingerprint density at radius 3 is 2.30 bits per heavy atom. The van der Waals surface area contributed by atoms with E-state index in [1.54, 1.807) is 43.1 Å². The molecule has 1 unspecified atom stereocenters. The summed E-state index contributed by atoms with van der Waals surface area (Å²) < 4.78 is 5.26. The van der Waals surface area contributed by atoms with Gasteiger partial charge < -0.3 is 14.5 Å². The zero-order valence-electron chi connectivity index (χ0n) is 22.4. The summed E-state index contributed by atoms with van der Waals surface area (Å²) in [5.41, 5.74) is 2.88. The maximum atomic E-state index is 13.0. The summed E-state index contributed by atoms with van der Waals surface area (Å²) in [5.74, 6) is 0.871. The van der Waals surface area contributed by atoms with Gasteiger partial charge in [0.15, 0.2) is 5.82 Å². The molecule has 1 aromatic heterocycles. The molecule has 0 saturated carbocycles. The lowest BCUT2D eigenvalue weighted by Crippen LogP contribution is -2.73. The topological polar surface area (TPSA) is 99.8 Å². The van der Waals surface area contributed by atoms with E-state index in [9.17, 15) is 14.7 Å². The highest BCUT2D eigenvalue weighted by Crippen LogP contribution is 2.33. The van der Waals surface area contributed by atoms with E-state index in [1.165, 1.54) is 0 Å². The van der Waals surface area contributed by atoms with Gasteiger partial charge >= 0.3 is 6.09 Å². The lowest BCUT2D eigenvalue weighted by Gasteiger charge is -2.52. The average molecular weight is 507 g/mol. The molecule has 2 heterocycles. The molecule has 2 aromatic carbocycles. The summed E-state index contributed by atoms with van der Waals surface area (Å²) in [6, 6.07) is 15.0. The van der Waals surface area contributed by atoms with Crippen LogP contribution in [-0.2, 0) is 6.54 Å². The predicted octanol–water partition coefficient (Wildman–Crippen LogP) is 4.82. The number of hydrogen-bond acceptors (Lipinski definition) is 6. The van der Waals surface area contributed by atoms with Gasteiger partial charge in [0, 0.05) is 37.0 Å². The third-order valence-electron chi connectivity index (χ3n) is 7.52. The first-order valence-corrected chi connectivity index (χ1v) is 12.5. The van der Waals surface area contributed by atoms with E-state index in [4.69, 9.17) is 4.52 Å². The third kappa shape index (κ3) is 5.14. The van der Waals surface area contributed by atoms with Crippen LogP contribution in [0.1, 0.15) is 49.4 Å². The fraction of sp³-hybridized carbons (Fsp3) is 0.429. The van der Waals surface area contributed by atoms with Crippen molar-refractivity contribution in [1.82, 2.24) is 15.0 Å². The number of rotatable bonds is 5. The first-order valence-electron chi connectivity index (χ1n) is 12.5. The van der Waals surface area contributed by atoms with Gasteiger partial charge in [-0.1, -0.05) is 17.3 Å². The van der Waals surface area contributed by atoms with Gasteiger partial charge in [0.2, 0.25) is 0 Å². The molecule has 1 fully saturated rings. The van der Waals surface area contributed by atoms with Crippen molar-refractivity contribution in [3.63, 3.8) is 0 Å². The average Bonchev–Trinajstić information content (AvgIpc) is 3.29. The summed E-state index contributed by atoms with van der Waals surface area (Å²) in [6.45, 7) is 12.5. The number of carbonyl (C=O) groups excluding carboxylic acids is 1. The van der Waals surface area contributed by atoms with Crippen LogP contribution in [-0.4, -0.2) is 74.9 Å². The monoisotopic (exact) mass is 506 g/mol. The number of anilines is 1. The van der Waals surface area contributed by atoms with Crippen molar-refractivity contribution in [2.75, 3.05) is 31.6 Å². The van der Waals surface area contributed by atoms with Crippen LogP contribution in [0.15, 0.2) is 53.1 Å². The minimum Gasteiger partial charge on any atom is -0.435 e. The minimum absolute atomic E-state index is 0.0236. The molecule has 1 aliphatic rings. The van der Waals surface area contributed by atoms with Gasteiger partial charge in [-0.15, -0.1) is 0 Å². The number of quaternary nitrogens is 1. The van der Waals surface area contributed by atoms with Gasteiger partial charge in [-0.2, -0.15) is 9.78 Å². The van der Waals surface area contributed by atoms with Crippen molar-refractivity contribution < 1.29 is 23.7 Å². The minimum atomic E-state index is -0.754. The molecule has 0 spiro atoms. The molecule has 4 rings (SSSR count). The normalized spacial score (nSPS) is 20.5. The van der Waals surface area contributed by atoms with Crippen LogP contribution in [0.4, 0.5) is 10.5 Å². The van der Waals surface area contributed by atoms with Crippen molar-refractivity contribution in [2.45, 2.75) is 52.7 Å². The number of carbonyl (C=O) groups is 2. The highest BCUT2D eigenvalue weighted by molar-refractivity contribution is 6.05. The molecular formula is C28H36N5O4+. The van der Waals surface area contributed by atoms with Crippen LogP contribution < -0.4 is 4.90 Å². The number of carboxylic acid groups (broad SMARTS) is 1. The Kier molecular flexibility index (Phi) is 7.21. The van der Waals surface area contributed by atoms with E-state index in [0.29, 0.717) is 36.9 Å². The molecule has 2 atom stereocenters. The molecule has 2 amide bonds. The van der Waals surface area contributed by atoms with E-state index in [1.807, 2.05) is 52.0 Å². The maximum absolute atomic E-state index is 13.0. The fourth-order valence-corrected chi connectivity index (χ4v) is 5.40. The lowest BCUT2D eigenvalue weighted by atomic mass is 9.95. The lowest BCUT2D eigenvalue weighted by molar-refractivity contribution is -0.929. The quantitative estimate of drug-likeness (QED) is 0.495. The number of hydrogen-bond donors (Lipinski definition) is 1. The van der Waals surface area contributed by atoms with Crippen LogP contribution in [0.2, 0.25) is 0 Å². The van der Waals surface area contributed by atoms with E-state index in [2.05, 4.69) is 15.0 Å². The molecule has 0 bridgehead atoms. The number of aryl methyl sites for hydroxylation is 1. The van der Waals surface area contributed by atoms with E-state index >= 15 is 0 Å². The van der Waals surface area contributed by atoms with Gasteiger partial charge in [-0.05, 0) is 76.6 Å². The summed E-state index contributed by atoms with van der Waals surface area (Å²) >= 11 is 0. The SMILES string of the molecule is Cc1noc(-c2ccc(C(=O)N(C)c3ccc(CN4CC[N+](C(=O)O)(C(C)(C)C)[C@@H](C)C4)cc3)cc2)n1. The molecule has 0 radical (unpaired) electrons. The van der Waals surface area contributed by atoms with Crippen LogP contribution in [0.3, 0.4) is 0 Å². The number of benzene rings is 2. The smallest absolute Gasteiger partial charge is 0.435 e. The molecular weight excluding hydrogens is 470 g/mol. The largest absolute Gasteiger partial charge is 0.514 e. The van der Waals surface area contributed by atoms with Crippen LogP contribution in [0.25, 0.3) is 11.5 Å². The van der Waals surface area contributed by atoms with Crippen LogP contribution in [0.5, 0.6) is 0 Å². The Bertz CT molecular complexity index is 1260. The number of nitrogens with zero attached hydrogens (tertiary/aromatic N) is 5. The van der Waals surface area contributed by atoms with Gasteiger partial charge in [0.25, 0.3) is 11.8 Å². The number of aromatic nitrogens is 2. The Morgan fingerprint density at radius 2 is 1.78 bits per heavy atom. The maximum Gasteiger partial charge on any atom is 0.514 e. The Labute approximate surface area is 217 Å². The molecule has 1 N–H and O–H groups in total. The summed E-state index contributed by atoms with van der Waals surface area (Å²) in [4.78, 5) is 33.5. The Hall–Kier alpha value is -3.56. The molecule has 196 valence electrons. The second-order valence-electron chi connectivity index (χ2n) is 10.9. The molecule has 3 aromatic rings. The molecule has 0 aliphatic carbocycles. The predicted molar refractivity (Wildman–Crippen MR) is 141 cm³/mol. The second-order valence-corrected chi connectivity index (χ2v) is 10.9. The molecule has 9 heteroatoms. The van der Waals surface area contributed by atoms with E-state index in [-0.39, 0.29) is 22.0 Å². The van der Waals surface area contributed by atoms with Gasteiger partial charge in [-0.3, -0.25) is 9.69 Å². The molecule has 1 saturated heterocycles. The summed E-state index contributed by atoms with van der Waals surface area (Å²) in [7, 11) is 1.76. The van der Waals surface area contributed by atoms with Gasteiger partial charge in [0.1, 0.15) is 18.1 Å². The van der Waals surface area contributed by atoms with Crippen LogP contribution in [0, 0.1) is 6.92 Å². The molecule has 1 aliphatic heterocycles. The highest BCUT2D eigenvalue weighted by atomic mass is 16.5. The fourth-order valence-electron chi connectivity index (χ4n) is 5.40. The summed E-state index contributed by atoms with van der Waals surface area (Å²) in [5, 5.41) is 13.9. The first kappa shape index (κ1) is 26.5. The highest BCUT2D eigenvalue weighted by Gasteiger charge is 2.54. The van der Waals surface area contributed by atoms with Gasteiger partial charge in [-0.25, -0.2) is 4.48 Å². The van der Waals surface area contributed by atoms with Crippen molar-refractivity contribution in [3.8, 4) is 11.5 Å². The zero-order chi connectivity index (χ0) is 27.0. The van der Waals surface area contributed by atoms with Crippen molar-refractivity contribution in [2.24, 2.45) is 0 Å². The van der Waals surface area contributed by atoms with Crippen molar-refractivity contribution >= 4 is 17.7 Å². The third-order valence-corrected chi connectivity index (χ3v) is 7.52. The number of amides is 2. The second kappa shape index (κ2) is 10.1. The molecule has 37 heavy (non-hydrogen) atoms. The Morgan fingerprint density at radius 1 is 1.14 bits per heavy atom. The number of piperazine rings is 1. The summed E-state index contributed by atoms with van der Waals surface area (Å²) in [6.07, 6.45) is -0.754. The standard InChI is InChI=1S/C28H35N5O4/c1-19-17-32(15-16-33(19,27(35)36)28(3,4)5)18-21-7-13-24(14-8-21)31(6)26(34)23-11-9-22(10-12-23)25-29-20(2)30-37-25/h7-14,19H,15-18H2,1-6H3/p+1/t19-,33?/m0/s1. The Balaban J connectivity index is 1.39. The van der Waals surface area contributed by atoms with Crippen molar-refractivity contribution in [1.29, 1.82) is 0 Å².